The molecule has 0 bridgehead atoms. The molecular formula is C39H52ClN5O4. The number of benzene rings is 2. The molecule has 49 heavy (non-hydrogen) atoms. The summed E-state index contributed by atoms with van der Waals surface area (Å²) in [5.41, 5.74) is 2.16. The van der Waals surface area contributed by atoms with Crippen LogP contribution in [0.5, 0.6) is 0 Å². The van der Waals surface area contributed by atoms with Gasteiger partial charge in [-0.3, -0.25) is 14.4 Å². The maximum Gasteiger partial charge on any atom is 0.252 e. The second-order valence-electron chi connectivity index (χ2n) is 15.2. The minimum atomic E-state index is -0.597. The summed E-state index contributed by atoms with van der Waals surface area (Å²) >= 11 is 6.30. The normalized spacial score (nSPS) is 30.9. The van der Waals surface area contributed by atoms with Crippen molar-refractivity contribution in [3.63, 3.8) is 0 Å². The van der Waals surface area contributed by atoms with Gasteiger partial charge < -0.3 is 29.2 Å². The zero-order chi connectivity index (χ0) is 34.1. The van der Waals surface area contributed by atoms with E-state index in [-0.39, 0.29) is 41.6 Å². The van der Waals surface area contributed by atoms with Crippen molar-refractivity contribution in [2.75, 3.05) is 64.4 Å². The summed E-state index contributed by atoms with van der Waals surface area (Å²) in [6.45, 7) is 7.46. The van der Waals surface area contributed by atoms with Crippen LogP contribution in [-0.2, 0) is 19.1 Å². The number of amides is 3. The third kappa shape index (κ3) is 7.35. The highest BCUT2D eigenvalue weighted by Crippen LogP contribution is 2.40. The van der Waals surface area contributed by atoms with Crippen molar-refractivity contribution in [2.24, 2.45) is 11.8 Å². The van der Waals surface area contributed by atoms with Crippen molar-refractivity contribution in [3.8, 4) is 0 Å². The number of likely N-dealkylation sites (tertiary alicyclic amines) is 1. The number of piperazine rings is 1. The smallest absolute Gasteiger partial charge is 0.252 e. The monoisotopic (exact) mass is 689 g/mol. The van der Waals surface area contributed by atoms with Crippen LogP contribution in [0.4, 0.5) is 5.69 Å². The van der Waals surface area contributed by atoms with Gasteiger partial charge in [-0.15, -0.1) is 0 Å². The lowest BCUT2D eigenvalue weighted by molar-refractivity contribution is -0.148. The molecule has 5 fully saturated rings. The van der Waals surface area contributed by atoms with E-state index in [0.29, 0.717) is 56.7 Å². The topological polar surface area (TPSA) is 76.6 Å². The maximum absolute atomic E-state index is 15.1. The number of likely N-dealkylation sites (N-methyl/N-ethyl adjacent to an activating group) is 1. The van der Waals surface area contributed by atoms with Gasteiger partial charge in [-0.1, -0.05) is 48.9 Å². The number of anilines is 1. The van der Waals surface area contributed by atoms with E-state index >= 15 is 4.79 Å². The molecule has 9 nitrogen and oxygen atoms in total. The SMILES string of the molecule is CC1CCC(N(C(=O)[C@@H]2CCCO2)[C@H]2C[C@@H](C(=O)N3CCN(C)CC3)N(C(=O)[C@@H]3CN(c4ccccc4)C[C@H]3c3ccc(Cl)cc3)C2)CC1. The Balaban J connectivity index is 1.21. The predicted octanol–water partition coefficient (Wildman–Crippen LogP) is 4.89. The van der Waals surface area contributed by atoms with E-state index in [1.54, 1.807) is 0 Å². The van der Waals surface area contributed by atoms with Gasteiger partial charge in [0.15, 0.2) is 0 Å². The minimum Gasteiger partial charge on any atom is -0.370 e. The molecule has 264 valence electrons. The van der Waals surface area contributed by atoms with Gasteiger partial charge in [0.25, 0.3) is 5.91 Å². The van der Waals surface area contributed by atoms with Crippen LogP contribution in [0.3, 0.4) is 0 Å². The highest BCUT2D eigenvalue weighted by Gasteiger charge is 2.51. The summed E-state index contributed by atoms with van der Waals surface area (Å²) in [6.07, 6.45) is 5.73. The van der Waals surface area contributed by atoms with Crippen molar-refractivity contribution in [2.45, 2.75) is 82.0 Å². The Morgan fingerprint density at radius 2 is 1.53 bits per heavy atom. The van der Waals surface area contributed by atoms with E-state index in [0.717, 1.165) is 62.9 Å². The number of hydrogen-bond donors (Lipinski definition) is 0. The molecule has 5 aliphatic rings. The van der Waals surface area contributed by atoms with Crippen molar-refractivity contribution >= 4 is 35.0 Å². The molecule has 5 atom stereocenters. The average Bonchev–Trinajstić information content (AvgIpc) is 3.91. The van der Waals surface area contributed by atoms with Crippen LogP contribution in [0.2, 0.25) is 5.02 Å². The van der Waals surface area contributed by atoms with Crippen LogP contribution in [0.15, 0.2) is 54.6 Å². The Bertz CT molecular complexity index is 1450. The van der Waals surface area contributed by atoms with Crippen molar-refractivity contribution < 1.29 is 19.1 Å². The number of rotatable bonds is 7. The minimum absolute atomic E-state index is 0.00939. The molecule has 2 aromatic rings. The molecule has 1 saturated carbocycles. The Kier molecular flexibility index (Phi) is 10.5. The number of hydrogen-bond acceptors (Lipinski definition) is 6. The Morgan fingerprint density at radius 1 is 0.816 bits per heavy atom. The summed E-state index contributed by atoms with van der Waals surface area (Å²) in [5.74, 6) is 0.316. The summed E-state index contributed by atoms with van der Waals surface area (Å²) in [7, 11) is 2.08. The Morgan fingerprint density at radius 3 is 2.20 bits per heavy atom. The molecule has 1 aliphatic carbocycles. The average molecular weight is 690 g/mol. The van der Waals surface area contributed by atoms with Gasteiger partial charge in [0.1, 0.15) is 12.1 Å². The van der Waals surface area contributed by atoms with Crippen LogP contribution in [0, 0.1) is 11.8 Å². The van der Waals surface area contributed by atoms with E-state index in [1.165, 1.54) is 0 Å². The van der Waals surface area contributed by atoms with E-state index in [9.17, 15) is 9.59 Å². The fourth-order valence-electron chi connectivity index (χ4n) is 9.01. The summed E-state index contributed by atoms with van der Waals surface area (Å²) < 4.78 is 5.96. The number of carbonyl (C=O) groups excluding carboxylic acids is 3. The van der Waals surface area contributed by atoms with Crippen molar-refractivity contribution in [1.29, 1.82) is 0 Å². The number of ether oxygens (including phenoxy) is 1. The number of nitrogens with zero attached hydrogens (tertiary/aromatic N) is 5. The van der Waals surface area contributed by atoms with Crippen LogP contribution in [-0.4, -0.2) is 121 Å². The third-order valence-corrected chi connectivity index (χ3v) is 12.2. The van der Waals surface area contributed by atoms with Crippen molar-refractivity contribution in [3.05, 3.63) is 65.2 Å². The lowest BCUT2D eigenvalue weighted by Crippen LogP contribution is -2.54. The molecular weight excluding hydrogens is 638 g/mol. The van der Waals surface area contributed by atoms with Gasteiger partial charge in [0.2, 0.25) is 11.8 Å². The largest absolute Gasteiger partial charge is 0.370 e. The van der Waals surface area contributed by atoms with Crippen LogP contribution in [0.25, 0.3) is 0 Å². The van der Waals surface area contributed by atoms with Gasteiger partial charge in [0, 0.05) is 75.1 Å². The van der Waals surface area contributed by atoms with E-state index in [4.69, 9.17) is 16.3 Å². The van der Waals surface area contributed by atoms with Gasteiger partial charge in [0.05, 0.1) is 12.0 Å². The predicted molar refractivity (Wildman–Crippen MR) is 192 cm³/mol. The number of carbonyl (C=O) groups is 3. The van der Waals surface area contributed by atoms with E-state index < -0.39 is 12.1 Å². The molecule has 4 heterocycles. The molecule has 0 radical (unpaired) electrons. The van der Waals surface area contributed by atoms with E-state index in [2.05, 4.69) is 40.8 Å². The molecule has 0 spiro atoms. The molecule has 0 N–H and O–H groups in total. The van der Waals surface area contributed by atoms with Gasteiger partial charge in [-0.25, -0.2) is 0 Å². The lowest BCUT2D eigenvalue weighted by atomic mass is 9.85. The summed E-state index contributed by atoms with van der Waals surface area (Å²) in [6, 6.07) is 17.4. The zero-order valence-corrected chi connectivity index (χ0v) is 29.8. The van der Waals surface area contributed by atoms with Gasteiger partial charge >= 0.3 is 0 Å². The second-order valence-corrected chi connectivity index (χ2v) is 15.6. The molecule has 10 heteroatoms. The molecule has 0 aromatic heterocycles. The Hall–Kier alpha value is -3.14. The Labute approximate surface area is 296 Å². The van der Waals surface area contributed by atoms with Crippen LogP contribution < -0.4 is 4.90 Å². The first-order chi connectivity index (χ1) is 23.8. The molecule has 0 unspecified atom stereocenters. The molecule has 3 amide bonds. The third-order valence-electron chi connectivity index (χ3n) is 12.0. The van der Waals surface area contributed by atoms with Gasteiger partial charge in [-0.2, -0.15) is 0 Å². The standard InChI is InChI=1S/C39H52ClN5O4/c1-27-10-16-31(17-11-27)45(39(48)36-9-6-22-49-36)32-23-35(38(47)42-20-18-41(2)19-21-42)44(24-32)37(46)34-26-43(30-7-4-3-5-8-30)25-33(34)28-12-14-29(40)15-13-28/h3-5,7-8,12-15,27,31-36H,6,9-11,16-26H2,1-2H3/t27?,31?,32-,33-,34+,35-,36-/m0/s1. The van der Waals surface area contributed by atoms with Crippen molar-refractivity contribution in [1.82, 2.24) is 19.6 Å². The molecule has 2 aromatic carbocycles. The number of halogens is 1. The van der Waals surface area contributed by atoms with Crippen LogP contribution >= 0.6 is 11.6 Å². The first-order valence-electron chi connectivity index (χ1n) is 18.5. The fourth-order valence-corrected chi connectivity index (χ4v) is 9.14. The molecule has 4 aliphatic heterocycles. The molecule has 4 saturated heterocycles. The van der Waals surface area contributed by atoms with Gasteiger partial charge in [-0.05, 0) is 87.7 Å². The van der Waals surface area contributed by atoms with Crippen LogP contribution in [0.1, 0.15) is 63.4 Å². The van der Waals surface area contributed by atoms with E-state index in [1.807, 2.05) is 52.3 Å². The fraction of sp³-hybridized carbons (Fsp3) is 0.615. The first-order valence-corrected chi connectivity index (χ1v) is 18.9. The summed E-state index contributed by atoms with van der Waals surface area (Å²) in [5, 5.41) is 0.665. The summed E-state index contributed by atoms with van der Waals surface area (Å²) in [4.78, 5) is 54.4. The maximum atomic E-state index is 15.1. The lowest BCUT2D eigenvalue weighted by Gasteiger charge is -2.41. The highest BCUT2D eigenvalue weighted by molar-refractivity contribution is 6.30. The second kappa shape index (κ2) is 15.0. The quantitative estimate of drug-likeness (QED) is 0.412. The zero-order valence-electron chi connectivity index (χ0n) is 29.1. The highest BCUT2D eigenvalue weighted by atomic mass is 35.5. The number of para-hydroxylation sites is 1. The first kappa shape index (κ1) is 34.3. The molecule has 7 rings (SSSR count).